The maximum Gasteiger partial charge on any atom is 0.278 e. The Morgan fingerprint density at radius 2 is 2.07 bits per heavy atom. The first-order valence-corrected chi connectivity index (χ1v) is 10.5. The average Bonchev–Trinajstić information content (AvgIpc) is 3.39. The van der Waals surface area contributed by atoms with Crippen LogP contribution in [-0.4, -0.2) is 44.0 Å². The van der Waals surface area contributed by atoms with Gasteiger partial charge in [-0.15, -0.1) is 11.3 Å². The van der Waals surface area contributed by atoms with Gasteiger partial charge >= 0.3 is 0 Å². The molecule has 0 aromatic carbocycles. The Morgan fingerprint density at radius 1 is 1.25 bits per heavy atom. The number of hydrogen-bond acceptors (Lipinski definition) is 7. The second-order valence-electron chi connectivity index (χ2n) is 7.08. The normalized spacial score (nSPS) is 15.1. The van der Waals surface area contributed by atoms with Crippen LogP contribution in [0.3, 0.4) is 0 Å². The van der Waals surface area contributed by atoms with E-state index in [1.54, 1.807) is 23.7 Å². The first-order valence-electron chi connectivity index (χ1n) is 9.64. The Bertz CT molecular complexity index is 942. The predicted octanol–water partition coefficient (Wildman–Crippen LogP) is 3.87. The van der Waals surface area contributed by atoms with Crippen LogP contribution >= 0.6 is 11.3 Å². The van der Waals surface area contributed by atoms with Crippen molar-refractivity contribution < 1.29 is 9.32 Å². The minimum atomic E-state index is 0.134. The highest BCUT2D eigenvalue weighted by Gasteiger charge is 2.28. The lowest BCUT2D eigenvalue weighted by atomic mass is 9.96. The predicted molar refractivity (Wildman–Crippen MR) is 106 cm³/mol. The number of likely N-dealkylation sites (tertiary alicyclic amines) is 1. The van der Waals surface area contributed by atoms with E-state index in [0.29, 0.717) is 30.5 Å². The number of piperidine rings is 1. The Kier molecular flexibility index (Phi) is 5.47. The molecule has 0 saturated carbocycles. The standard InChI is InChI=1S/C20H23N5O2S/c1-3-4-15-5-6-17(28-15)20(26)25-9-7-14(8-10-25)18-23-19(27-24-18)16-12-21-13(2)11-22-16/h5-6,11-12,14H,3-4,7-10H2,1-2H3. The second kappa shape index (κ2) is 8.18. The number of amides is 1. The average molecular weight is 398 g/mol. The molecule has 1 saturated heterocycles. The Balaban J connectivity index is 1.37. The summed E-state index contributed by atoms with van der Waals surface area (Å²) in [7, 11) is 0. The zero-order valence-corrected chi connectivity index (χ0v) is 16.9. The lowest BCUT2D eigenvalue weighted by molar-refractivity contribution is 0.0715. The van der Waals surface area contributed by atoms with Crippen molar-refractivity contribution in [2.75, 3.05) is 13.1 Å². The van der Waals surface area contributed by atoms with Crippen molar-refractivity contribution in [1.82, 2.24) is 25.0 Å². The van der Waals surface area contributed by atoms with Gasteiger partial charge in [0.05, 0.1) is 16.8 Å². The zero-order chi connectivity index (χ0) is 19.5. The number of nitrogens with zero attached hydrogens (tertiary/aromatic N) is 5. The molecule has 7 nitrogen and oxygen atoms in total. The molecule has 146 valence electrons. The van der Waals surface area contributed by atoms with Crippen LogP contribution in [0.15, 0.2) is 29.0 Å². The third kappa shape index (κ3) is 3.96. The quantitative estimate of drug-likeness (QED) is 0.650. The fourth-order valence-corrected chi connectivity index (χ4v) is 4.46. The maximum absolute atomic E-state index is 12.7. The van der Waals surface area contributed by atoms with Gasteiger partial charge in [0, 0.05) is 30.1 Å². The van der Waals surface area contributed by atoms with E-state index in [1.807, 2.05) is 17.9 Å². The van der Waals surface area contributed by atoms with Crippen molar-refractivity contribution >= 4 is 17.2 Å². The Hall–Kier alpha value is -2.61. The maximum atomic E-state index is 12.7. The molecule has 4 rings (SSSR count). The van der Waals surface area contributed by atoms with Crippen LogP contribution in [0.4, 0.5) is 0 Å². The number of rotatable bonds is 5. The van der Waals surface area contributed by atoms with Crippen molar-refractivity contribution in [1.29, 1.82) is 0 Å². The second-order valence-corrected chi connectivity index (χ2v) is 8.25. The molecule has 0 aliphatic carbocycles. The summed E-state index contributed by atoms with van der Waals surface area (Å²) in [6.45, 7) is 5.45. The van der Waals surface area contributed by atoms with Gasteiger partial charge in [0.1, 0.15) is 5.69 Å². The molecule has 3 aromatic heterocycles. The van der Waals surface area contributed by atoms with Crippen molar-refractivity contribution in [3.05, 3.63) is 45.8 Å². The first kappa shape index (κ1) is 18.7. The van der Waals surface area contributed by atoms with Gasteiger partial charge in [-0.1, -0.05) is 18.5 Å². The molecule has 8 heteroatoms. The van der Waals surface area contributed by atoms with Crippen molar-refractivity contribution in [3.8, 4) is 11.6 Å². The molecule has 1 aliphatic rings. The topological polar surface area (TPSA) is 85.0 Å². The summed E-state index contributed by atoms with van der Waals surface area (Å²) in [5.74, 6) is 1.40. The fourth-order valence-electron chi connectivity index (χ4n) is 3.38. The minimum Gasteiger partial charge on any atom is -0.338 e. The summed E-state index contributed by atoms with van der Waals surface area (Å²) >= 11 is 1.61. The van der Waals surface area contributed by atoms with E-state index in [-0.39, 0.29) is 11.8 Å². The number of aryl methyl sites for hydroxylation is 2. The summed E-state index contributed by atoms with van der Waals surface area (Å²) in [5.41, 5.74) is 1.42. The molecule has 0 atom stereocenters. The van der Waals surface area contributed by atoms with E-state index in [4.69, 9.17) is 4.52 Å². The molecule has 0 radical (unpaired) electrons. The molecule has 0 unspecified atom stereocenters. The lowest BCUT2D eigenvalue weighted by Gasteiger charge is -2.30. The summed E-state index contributed by atoms with van der Waals surface area (Å²) in [5, 5.41) is 4.14. The fraction of sp³-hybridized carbons (Fsp3) is 0.450. The molecule has 0 spiro atoms. The van der Waals surface area contributed by atoms with Gasteiger partial charge in [-0.3, -0.25) is 9.78 Å². The molecular weight excluding hydrogens is 374 g/mol. The molecule has 3 aromatic rings. The molecule has 0 N–H and O–H groups in total. The van der Waals surface area contributed by atoms with Gasteiger partial charge in [0.15, 0.2) is 5.82 Å². The van der Waals surface area contributed by atoms with Gasteiger partial charge in [-0.05, 0) is 38.3 Å². The van der Waals surface area contributed by atoms with Crippen LogP contribution < -0.4 is 0 Å². The minimum absolute atomic E-state index is 0.134. The van der Waals surface area contributed by atoms with Crippen LogP contribution in [0, 0.1) is 6.92 Å². The van der Waals surface area contributed by atoms with Gasteiger partial charge in [-0.2, -0.15) is 4.98 Å². The molecule has 0 bridgehead atoms. The van der Waals surface area contributed by atoms with Gasteiger partial charge in [0.2, 0.25) is 0 Å². The third-order valence-electron chi connectivity index (χ3n) is 4.96. The van der Waals surface area contributed by atoms with Crippen LogP contribution in [-0.2, 0) is 6.42 Å². The van der Waals surface area contributed by atoms with Gasteiger partial charge in [-0.25, -0.2) is 4.98 Å². The van der Waals surface area contributed by atoms with E-state index in [0.717, 1.165) is 36.3 Å². The molecule has 1 amide bonds. The number of carbonyl (C=O) groups is 1. The summed E-state index contributed by atoms with van der Waals surface area (Å²) in [4.78, 5) is 29.8. The largest absolute Gasteiger partial charge is 0.338 e. The van der Waals surface area contributed by atoms with E-state index < -0.39 is 0 Å². The SMILES string of the molecule is CCCc1ccc(C(=O)N2CCC(c3noc(-c4cnc(C)cn4)n3)CC2)s1. The van der Waals surface area contributed by atoms with Gasteiger partial charge in [0.25, 0.3) is 11.8 Å². The van der Waals surface area contributed by atoms with Crippen molar-refractivity contribution in [2.24, 2.45) is 0 Å². The van der Waals surface area contributed by atoms with Crippen LogP contribution in [0.5, 0.6) is 0 Å². The molecule has 1 fully saturated rings. The number of hydrogen-bond donors (Lipinski definition) is 0. The Labute approximate surface area is 167 Å². The van der Waals surface area contributed by atoms with E-state index in [9.17, 15) is 4.79 Å². The highest BCUT2D eigenvalue weighted by molar-refractivity contribution is 7.14. The molecule has 28 heavy (non-hydrogen) atoms. The monoisotopic (exact) mass is 397 g/mol. The van der Waals surface area contributed by atoms with Crippen LogP contribution in [0.25, 0.3) is 11.6 Å². The number of carbonyl (C=O) groups excluding carboxylic acids is 1. The smallest absolute Gasteiger partial charge is 0.278 e. The lowest BCUT2D eigenvalue weighted by Crippen LogP contribution is -2.37. The third-order valence-corrected chi connectivity index (χ3v) is 6.09. The van der Waals surface area contributed by atoms with Crippen molar-refractivity contribution in [2.45, 2.75) is 45.4 Å². The van der Waals surface area contributed by atoms with E-state index in [1.165, 1.54) is 4.88 Å². The van der Waals surface area contributed by atoms with E-state index >= 15 is 0 Å². The Morgan fingerprint density at radius 3 is 2.79 bits per heavy atom. The highest BCUT2D eigenvalue weighted by Crippen LogP contribution is 2.29. The molecule has 4 heterocycles. The van der Waals surface area contributed by atoms with E-state index in [2.05, 4.69) is 33.1 Å². The summed E-state index contributed by atoms with van der Waals surface area (Å²) < 4.78 is 5.37. The molecular formula is C20H23N5O2S. The van der Waals surface area contributed by atoms with Crippen LogP contribution in [0.1, 0.15) is 58.2 Å². The zero-order valence-electron chi connectivity index (χ0n) is 16.1. The molecule has 1 aliphatic heterocycles. The highest BCUT2D eigenvalue weighted by atomic mass is 32.1. The number of thiophene rings is 1. The summed E-state index contributed by atoms with van der Waals surface area (Å²) in [6, 6.07) is 4.03. The first-order chi connectivity index (χ1) is 13.6. The number of aromatic nitrogens is 4. The summed E-state index contributed by atoms with van der Waals surface area (Å²) in [6.07, 6.45) is 7.11. The van der Waals surface area contributed by atoms with Gasteiger partial charge < -0.3 is 9.42 Å². The van der Waals surface area contributed by atoms with Crippen LogP contribution in [0.2, 0.25) is 0 Å². The van der Waals surface area contributed by atoms with Crippen molar-refractivity contribution in [3.63, 3.8) is 0 Å².